The van der Waals surface area contributed by atoms with Crippen LogP contribution < -0.4 is 0 Å². The smallest absolute Gasteiger partial charge is 0.258 e. The highest BCUT2D eigenvalue weighted by molar-refractivity contribution is 6.33. The van der Waals surface area contributed by atoms with Crippen LogP contribution in [0, 0.1) is 12.8 Å². The Bertz CT molecular complexity index is 433. The topological polar surface area (TPSA) is 38.1 Å². The molecule has 0 atom stereocenters. The predicted molar refractivity (Wildman–Crippen MR) is 67.3 cm³/mol. The third kappa shape index (κ3) is 2.32. The van der Waals surface area contributed by atoms with Crippen LogP contribution in [0.4, 0.5) is 0 Å². The zero-order chi connectivity index (χ0) is 12.6. The number of hydrogen-bond donors (Lipinski definition) is 0. The van der Waals surface area contributed by atoms with Crippen molar-refractivity contribution in [3.63, 3.8) is 0 Å². The number of hydrogen-bond acceptors (Lipinski definition) is 2. The second kappa shape index (κ2) is 4.69. The van der Waals surface area contributed by atoms with Gasteiger partial charge in [0.25, 0.3) is 5.91 Å². The number of piperidine rings is 1. The molecule has 0 bridgehead atoms. The van der Waals surface area contributed by atoms with Gasteiger partial charge in [-0.05, 0) is 25.7 Å². The summed E-state index contributed by atoms with van der Waals surface area (Å²) >= 11 is 6.11. The Morgan fingerprint density at radius 2 is 2.00 bits per heavy atom. The molecule has 1 aromatic rings. The van der Waals surface area contributed by atoms with E-state index in [0.29, 0.717) is 22.3 Å². The Kier molecular flexibility index (Phi) is 3.43. The summed E-state index contributed by atoms with van der Waals surface area (Å²) in [5, 5.41) is 4.61. The molecule has 1 aliphatic heterocycles. The molecule has 0 unspecified atom stereocenters. The molecule has 1 fully saturated rings. The molecule has 4 nitrogen and oxygen atoms in total. The number of nitrogens with zero attached hydrogens (tertiary/aromatic N) is 3. The van der Waals surface area contributed by atoms with Crippen molar-refractivity contribution < 1.29 is 4.79 Å². The average Bonchev–Trinajstić information content (AvgIpc) is 2.53. The summed E-state index contributed by atoms with van der Waals surface area (Å²) in [6.45, 7) is 5.70. The second-order valence-electron chi connectivity index (χ2n) is 4.85. The van der Waals surface area contributed by atoms with Crippen LogP contribution >= 0.6 is 11.6 Å². The normalized spacial score (nSPS) is 17.5. The molecule has 1 aliphatic rings. The number of likely N-dealkylation sites (tertiary alicyclic amines) is 1. The van der Waals surface area contributed by atoms with Crippen molar-refractivity contribution in [2.24, 2.45) is 13.0 Å². The number of rotatable bonds is 1. The second-order valence-corrected chi connectivity index (χ2v) is 5.21. The van der Waals surface area contributed by atoms with Crippen molar-refractivity contribution in [3.8, 4) is 0 Å². The van der Waals surface area contributed by atoms with Gasteiger partial charge in [-0.25, -0.2) is 0 Å². The van der Waals surface area contributed by atoms with Gasteiger partial charge < -0.3 is 4.90 Å². The monoisotopic (exact) mass is 255 g/mol. The lowest BCUT2D eigenvalue weighted by Gasteiger charge is -2.30. The van der Waals surface area contributed by atoms with E-state index in [-0.39, 0.29) is 5.91 Å². The van der Waals surface area contributed by atoms with E-state index in [0.717, 1.165) is 25.9 Å². The fraction of sp³-hybridized carbons (Fsp3) is 0.667. The third-order valence-corrected chi connectivity index (χ3v) is 3.87. The van der Waals surface area contributed by atoms with Crippen molar-refractivity contribution in [1.29, 1.82) is 0 Å². The first-order valence-corrected chi connectivity index (χ1v) is 6.37. The quantitative estimate of drug-likeness (QED) is 0.772. The van der Waals surface area contributed by atoms with E-state index < -0.39 is 0 Å². The van der Waals surface area contributed by atoms with Crippen LogP contribution in [0.3, 0.4) is 0 Å². The van der Waals surface area contributed by atoms with E-state index in [2.05, 4.69) is 12.0 Å². The Morgan fingerprint density at radius 3 is 2.47 bits per heavy atom. The summed E-state index contributed by atoms with van der Waals surface area (Å²) in [4.78, 5) is 14.2. The van der Waals surface area contributed by atoms with E-state index in [9.17, 15) is 4.79 Å². The van der Waals surface area contributed by atoms with Gasteiger partial charge in [0.1, 0.15) is 5.15 Å². The van der Waals surface area contributed by atoms with Gasteiger partial charge in [-0.3, -0.25) is 9.48 Å². The Hall–Kier alpha value is -1.03. The van der Waals surface area contributed by atoms with Crippen LogP contribution in [0.2, 0.25) is 5.15 Å². The first kappa shape index (κ1) is 12.4. The van der Waals surface area contributed by atoms with E-state index in [1.54, 1.807) is 11.7 Å². The maximum Gasteiger partial charge on any atom is 0.258 e. The molecule has 0 aliphatic carbocycles. The Balaban J connectivity index is 2.20. The van der Waals surface area contributed by atoms with Crippen LogP contribution in [0.5, 0.6) is 0 Å². The summed E-state index contributed by atoms with van der Waals surface area (Å²) in [5.74, 6) is 0.733. The molecule has 0 aromatic carbocycles. The van der Waals surface area contributed by atoms with Gasteiger partial charge in [-0.2, -0.15) is 5.10 Å². The standard InChI is InChI=1S/C12H18ClN3O/c1-8-4-6-16(7-5-8)12(17)10-9(2)14-15(3)11(10)13/h8H,4-7H2,1-3H3. The van der Waals surface area contributed by atoms with Crippen molar-refractivity contribution in [2.75, 3.05) is 13.1 Å². The molecule has 17 heavy (non-hydrogen) atoms. The predicted octanol–water partition coefficient (Wildman–Crippen LogP) is 2.25. The molecule has 1 saturated heterocycles. The number of aryl methyl sites for hydroxylation is 2. The fourth-order valence-electron chi connectivity index (χ4n) is 2.24. The highest BCUT2D eigenvalue weighted by atomic mass is 35.5. The maximum absolute atomic E-state index is 12.3. The summed E-state index contributed by atoms with van der Waals surface area (Å²) in [6, 6.07) is 0. The van der Waals surface area contributed by atoms with E-state index >= 15 is 0 Å². The molecule has 1 amide bonds. The van der Waals surface area contributed by atoms with Gasteiger partial charge >= 0.3 is 0 Å². The van der Waals surface area contributed by atoms with E-state index in [1.165, 1.54) is 0 Å². The largest absolute Gasteiger partial charge is 0.338 e. The molecule has 0 spiro atoms. The van der Waals surface area contributed by atoms with Crippen molar-refractivity contribution >= 4 is 17.5 Å². The number of amides is 1. The lowest BCUT2D eigenvalue weighted by atomic mass is 9.99. The van der Waals surface area contributed by atoms with Crippen LogP contribution in [-0.2, 0) is 7.05 Å². The minimum absolute atomic E-state index is 0.0208. The van der Waals surface area contributed by atoms with Crippen LogP contribution in [0.15, 0.2) is 0 Å². The number of halogens is 1. The molecule has 2 heterocycles. The molecule has 1 aromatic heterocycles. The first-order chi connectivity index (χ1) is 8.00. The van der Waals surface area contributed by atoms with Gasteiger partial charge in [0.05, 0.1) is 11.3 Å². The Morgan fingerprint density at radius 1 is 1.41 bits per heavy atom. The van der Waals surface area contributed by atoms with Crippen molar-refractivity contribution in [2.45, 2.75) is 26.7 Å². The SMILES string of the molecule is Cc1nn(C)c(Cl)c1C(=O)N1CCC(C)CC1. The molecular formula is C12H18ClN3O. The van der Waals surface area contributed by atoms with Gasteiger partial charge in [0.2, 0.25) is 0 Å². The first-order valence-electron chi connectivity index (χ1n) is 5.99. The van der Waals surface area contributed by atoms with E-state index in [4.69, 9.17) is 11.6 Å². The van der Waals surface area contributed by atoms with Gasteiger partial charge in [0.15, 0.2) is 0 Å². The minimum atomic E-state index is 0.0208. The Labute approximate surface area is 107 Å². The van der Waals surface area contributed by atoms with Crippen LogP contribution in [-0.4, -0.2) is 33.7 Å². The fourth-order valence-corrected chi connectivity index (χ4v) is 2.50. The average molecular weight is 256 g/mol. The van der Waals surface area contributed by atoms with E-state index in [1.807, 2.05) is 11.8 Å². The highest BCUT2D eigenvalue weighted by Crippen LogP contribution is 2.23. The third-order valence-electron chi connectivity index (χ3n) is 3.44. The molecule has 0 radical (unpaired) electrons. The summed E-state index contributed by atoms with van der Waals surface area (Å²) in [7, 11) is 1.75. The lowest BCUT2D eigenvalue weighted by molar-refractivity contribution is 0.0696. The zero-order valence-corrected chi connectivity index (χ0v) is 11.3. The molecular weight excluding hydrogens is 238 g/mol. The van der Waals surface area contributed by atoms with Crippen molar-refractivity contribution in [3.05, 3.63) is 16.4 Å². The van der Waals surface area contributed by atoms with Crippen molar-refractivity contribution in [1.82, 2.24) is 14.7 Å². The summed E-state index contributed by atoms with van der Waals surface area (Å²) in [6.07, 6.45) is 2.14. The van der Waals surface area contributed by atoms with Crippen LogP contribution in [0.1, 0.15) is 35.8 Å². The summed E-state index contributed by atoms with van der Waals surface area (Å²) in [5.41, 5.74) is 1.27. The summed E-state index contributed by atoms with van der Waals surface area (Å²) < 4.78 is 1.55. The maximum atomic E-state index is 12.3. The molecule has 94 valence electrons. The van der Waals surface area contributed by atoms with Crippen LogP contribution in [0.25, 0.3) is 0 Å². The molecule has 2 rings (SSSR count). The molecule has 0 saturated carbocycles. The molecule has 0 N–H and O–H groups in total. The number of carbonyl (C=O) groups is 1. The zero-order valence-electron chi connectivity index (χ0n) is 10.5. The highest BCUT2D eigenvalue weighted by Gasteiger charge is 2.26. The molecule has 5 heteroatoms. The van der Waals surface area contributed by atoms with Gasteiger partial charge in [0, 0.05) is 20.1 Å². The number of carbonyl (C=O) groups excluding carboxylic acids is 1. The lowest BCUT2D eigenvalue weighted by Crippen LogP contribution is -2.38. The van der Waals surface area contributed by atoms with Gasteiger partial charge in [-0.1, -0.05) is 18.5 Å². The van der Waals surface area contributed by atoms with Gasteiger partial charge in [-0.15, -0.1) is 0 Å². The minimum Gasteiger partial charge on any atom is -0.338 e. The number of aromatic nitrogens is 2.